The summed E-state index contributed by atoms with van der Waals surface area (Å²) in [6.07, 6.45) is 1.41. The Bertz CT molecular complexity index is 458. The van der Waals surface area contributed by atoms with Gasteiger partial charge in [-0.15, -0.1) is 0 Å². The normalized spacial score (nSPS) is 9.88. The first-order valence-corrected chi connectivity index (χ1v) is 5.54. The maximum Gasteiger partial charge on any atom is 0.407 e. The average molecular weight is 251 g/mol. The second-order valence-corrected chi connectivity index (χ2v) is 3.68. The van der Waals surface area contributed by atoms with Crippen molar-refractivity contribution in [3.8, 4) is 5.75 Å². The summed E-state index contributed by atoms with van der Waals surface area (Å²) in [5.74, 6) is 0.593. The molecule has 0 unspecified atom stereocenters. The van der Waals surface area contributed by atoms with Crippen molar-refractivity contribution in [2.45, 2.75) is 6.61 Å². The van der Waals surface area contributed by atoms with E-state index in [1.54, 1.807) is 18.2 Å². The first-order chi connectivity index (χ1) is 8.34. The van der Waals surface area contributed by atoms with Crippen molar-refractivity contribution in [2.75, 3.05) is 0 Å². The van der Waals surface area contributed by atoms with Crippen LogP contribution in [0.15, 0.2) is 47.2 Å². The number of carbonyl (C=O) groups excluding carboxylic acids is 1. The lowest BCUT2D eigenvalue weighted by Gasteiger charge is -2.02. The lowest BCUT2D eigenvalue weighted by Crippen LogP contribution is -2.00. The Hall–Kier alpha value is -1.95. The zero-order valence-electron chi connectivity index (χ0n) is 8.74. The molecular formula is C11H9NO4S. The van der Waals surface area contributed by atoms with Gasteiger partial charge in [0.1, 0.15) is 24.3 Å². The molecule has 1 aromatic heterocycles. The number of para-hydroxylation sites is 1. The van der Waals surface area contributed by atoms with Gasteiger partial charge in [0, 0.05) is 6.07 Å². The van der Waals surface area contributed by atoms with Crippen LogP contribution in [0.3, 0.4) is 0 Å². The van der Waals surface area contributed by atoms with E-state index in [-0.39, 0.29) is 6.61 Å². The highest BCUT2D eigenvalue weighted by atomic mass is 32.2. The minimum Gasteiger partial charge on any atom is -0.449 e. The van der Waals surface area contributed by atoms with Gasteiger partial charge in [-0.05, 0) is 12.1 Å². The third-order valence-corrected chi connectivity index (χ3v) is 2.31. The summed E-state index contributed by atoms with van der Waals surface area (Å²) in [5, 5.41) is 3.07. The highest BCUT2D eigenvalue weighted by Crippen LogP contribution is 2.17. The molecule has 0 aliphatic rings. The van der Waals surface area contributed by atoms with Gasteiger partial charge in [0.2, 0.25) is 0 Å². The molecule has 0 aliphatic heterocycles. The summed E-state index contributed by atoms with van der Waals surface area (Å²) in [6.45, 7) is 0.0699. The van der Waals surface area contributed by atoms with Crippen LogP contribution in [0.1, 0.15) is 5.69 Å². The molecule has 0 saturated heterocycles. The molecule has 0 bridgehead atoms. The second kappa shape index (κ2) is 5.95. The van der Waals surface area contributed by atoms with E-state index in [2.05, 4.69) is 9.68 Å². The van der Waals surface area contributed by atoms with Crippen LogP contribution < -0.4 is 4.18 Å². The van der Waals surface area contributed by atoms with E-state index in [1.807, 2.05) is 18.2 Å². The molecule has 0 N–H and O–H groups in total. The fourth-order valence-electron chi connectivity index (χ4n) is 1.03. The Morgan fingerprint density at radius 3 is 2.82 bits per heavy atom. The van der Waals surface area contributed by atoms with Crippen LogP contribution in [0.25, 0.3) is 0 Å². The lowest BCUT2D eigenvalue weighted by atomic mass is 10.3. The van der Waals surface area contributed by atoms with Crippen LogP contribution in [-0.2, 0) is 11.3 Å². The summed E-state index contributed by atoms with van der Waals surface area (Å²) >= 11 is 0.632. The predicted octanol–water partition coefficient (Wildman–Crippen LogP) is 3.04. The Kier molecular flexibility index (Phi) is 4.04. The maximum absolute atomic E-state index is 11.3. The number of nitrogens with zero attached hydrogens (tertiary/aromatic N) is 1. The van der Waals surface area contributed by atoms with E-state index in [1.165, 1.54) is 6.26 Å². The zero-order valence-corrected chi connectivity index (χ0v) is 9.55. The van der Waals surface area contributed by atoms with E-state index in [4.69, 9.17) is 8.92 Å². The van der Waals surface area contributed by atoms with E-state index < -0.39 is 5.30 Å². The van der Waals surface area contributed by atoms with Crippen molar-refractivity contribution in [2.24, 2.45) is 0 Å². The summed E-state index contributed by atoms with van der Waals surface area (Å²) < 4.78 is 14.6. The van der Waals surface area contributed by atoms with E-state index in [0.29, 0.717) is 23.5 Å². The maximum atomic E-state index is 11.3. The van der Waals surface area contributed by atoms with Crippen molar-refractivity contribution >= 4 is 17.3 Å². The van der Waals surface area contributed by atoms with Crippen molar-refractivity contribution in [1.29, 1.82) is 0 Å². The van der Waals surface area contributed by atoms with E-state index >= 15 is 0 Å². The molecule has 2 rings (SSSR count). The largest absolute Gasteiger partial charge is 0.449 e. The SMILES string of the molecule is O=C(OCc1ccon1)SOc1ccccc1. The molecule has 0 saturated carbocycles. The first kappa shape index (κ1) is 11.5. The molecule has 6 heteroatoms. The van der Waals surface area contributed by atoms with Crippen LogP contribution in [0.5, 0.6) is 5.75 Å². The van der Waals surface area contributed by atoms with Gasteiger partial charge in [-0.1, -0.05) is 23.4 Å². The molecule has 17 heavy (non-hydrogen) atoms. The molecule has 88 valence electrons. The third kappa shape index (κ3) is 3.84. The molecule has 0 amide bonds. The molecule has 5 nitrogen and oxygen atoms in total. The van der Waals surface area contributed by atoms with E-state index in [9.17, 15) is 4.79 Å². The Balaban J connectivity index is 1.71. The number of rotatable bonds is 4. The summed E-state index contributed by atoms with van der Waals surface area (Å²) in [5.41, 5.74) is 0.554. The van der Waals surface area contributed by atoms with Gasteiger partial charge in [0.05, 0.1) is 0 Å². The lowest BCUT2D eigenvalue weighted by molar-refractivity contribution is 0.164. The standard InChI is InChI=1S/C11H9NO4S/c13-11(14-8-9-6-7-15-12-9)17-16-10-4-2-1-3-5-10/h1-7H,8H2. The van der Waals surface area contributed by atoms with Crippen LogP contribution >= 0.6 is 12.0 Å². The zero-order chi connectivity index (χ0) is 11.9. The Morgan fingerprint density at radius 1 is 1.29 bits per heavy atom. The van der Waals surface area contributed by atoms with Crippen LogP contribution in [-0.4, -0.2) is 10.5 Å². The fraction of sp³-hybridized carbons (Fsp3) is 0.0909. The minimum atomic E-state index is -0.531. The third-order valence-electron chi connectivity index (χ3n) is 1.78. The highest BCUT2D eigenvalue weighted by molar-refractivity contribution is 8.09. The Labute approximate surface area is 102 Å². The van der Waals surface area contributed by atoms with Gasteiger partial charge in [0.15, 0.2) is 12.0 Å². The number of hydrogen-bond donors (Lipinski definition) is 0. The molecule has 0 aliphatic carbocycles. The van der Waals surface area contributed by atoms with Crippen LogP contribution in [0.2, 0.25) is 0 Å². The van der Waals surface area contributed by atoms with Crippen LogP contribution in [0, 0.1) is 0 Å². The minimum absolute atomic E-state index is 0.0699. The molecule has 0 fully saturated rings. The molecular weight excluding hydrogens is 242 g/mol. The predicted molar refractivity (Wildman–Crippen MR) is 61.3 cm³/mol. The number of aromatic nitrogens is 1. The van der Waals surface area contributed by atoms with Gasteiger partial charge >= 0.3 is 5.30 Å². The summed E-state index contributed by atoms with van der Waals surface area (Å²) in [7, 11) is 0. The number of carbonyl (C=O) groups is 1. The van der Waals surface area contributed by atoms with Crippen LogP contribution in [0.4, 0.5) is 4.79 Å². The molecule has 0 radical (unpaired) electrons. The summed E-state index contributed by atoms with van der Waals surface area (Å²) in [4.78, 5) is 11.3. The molecule has 0 spiro atoms. The van der Waals surface area contributed by atoms with Crippen molar-refractivity contribution in [1.82, 2.24) is 5.16 Å². The molecule has 0 atom stereocenters. The van der Waals surface area contributed by atoms with Gasteiger partial charge in [0.25, 0.3) is 0 Å². The highest BCUT2D eigenvalue weighted by Gasteiger charge is 2.08. The topological polar surface area (TPSA) is 61.6 Å². The van der Waals surface area contributed by atoms with Crippen molar-refractivity contribution in [3.05, 3.63) is 48.4 Å². The first-order valence-electron chi connectivity index (χ1n) is 4.80. The number of hydrogen-bond acceptors (Lipinski definition) is 6. The van der Waals surface area contributed by atoms with Crippen molar-refractivity contribution in [3.63, 3.8) is 0 Å². The van der Waals surface area contributed by atoms with Crippen molar-refractivity contribution < 1.29 is 18.2 Å². The second-order valence-electron chi connectivity index (χ2n) is 3.01. The monoisotopic (exact) mass is 251 g/mol. The Morgan fingerprint density at radius 2 is 2.12 bits per heavy atom. The van der Waals surface area contributed by atoms with Gasteiger partial charge in [-0.3, -0.25) is 0 Å². The van der Waals surface area contributed by atoms with Gasteiger partial charge in [-0.25, -0.2) is 4.79 Å². The quantitative estimate of drug-likeness (QED) is 0.614. The average Bonchev–Trinajstić information content (AvgIpc) is 2.88. The fourth-order valence-corrected chi connectivity index (χ4v) is 1.41. The number of benzene rings is 1. The molecule has 1 aromatic carbocycles. The van der Waals surface area contributed by atoms with Gasteiger partial charge < -0.3 is 13.4 Å². The van der Waals surface area contributed by atoms with Gasteiger partial charge in [-0.2, -0.15) is 0 Å². The number of ether oxygens (including phenoxy) is 1. The molecule has 1 heterocycles. The van der Waals surface area contributed by atoms with E-state index in [0.717, 1.165) is 0 Å². The summed E-state index contributed by atoms with van der Waals surface area (Å²) in [6, 6.07) is 10.6. The smallest absolute Gasteiger partial charge is 0.407 e. The molecule has 2 aromatic rings.